The molecule has 0 N–H and O–H groups in total. The van der Waals surface area contributed by atoms with Crippen LogP contribution < -0.4 is 0 Å². The van der Waals surface area contributed by atoms with Crippen molar-refractivity contribution in [3.63, 3.8) is 0 Å². The summed E-state index contributed by atoms with van der Waals surface area (Å²) in [5.74, 6) is -1.19. The molecule has 246 valence electrons. The molecule has 1 aromatic heterocycles. The summed E-state index contributed by atoms with van der Waals surface area (Å²) in [4.78, 5) is 56.9. The number of rotatable bonds is 22. The topological polar surface area (TPSA) is 79.7 Å². The van der Waals surface area contributed by atoms with E-state index < -0.39 is 11.6 Å². The van der Waals surface area contributed by atoms with E-state index in [1.165, 1.54) is 6.42 Å². The van der Waals surface area contributed by atoms with E-state index in [2.05, 4.69) is 55.9 Å². The highest BCUT2D eigenvalue weighted by Crippen LogP contribution is 2.33. The minimum atomic E-state index is -0.470. The Morgan fingerprint density at radius 3 is 1.47 bits per heavy atom. The van der Waals surface area contributed by atoms with Crippen LogP contribution in [0.5, 0.6) is 0 Å². The molecule has 0 saturated heterocycles. The normalized spacial score (nSPS) is 12.4. The van der Waals surface area contributed by atoms with E-state index in [1.54, 1.807) is 12.1 Å². The number of ketones is 4. The van der Waals surface area contributed by atoms with Gasteiger partial charge in [-0.25, -0.2) is 0 Å². The molecule has 45 heavy (non-hydrogen) atoms. The first-order valence-electron chi connectivity index (χ1n) is 17.4. The molecule has 0 aliphatic rings. The first-order chi connectivity index (χ1) is 21.7. The summed E-state index contributed by atoms with van der Waals surface area (Å²) in [5, 5.41) is 1.67. The van der Waals surface area contributed by atoms with Gasteiger partial charge in [-0.2, -0.15) is 0 Å². The predicted octanol–water partition coefficient (Wildman–Crippen LogP) is 7.76. The van der Waals surface area contributed by atoms with Gasteiger partial charge in [-0.3, -0.25) is 19.2 Å². The maximum absolute atomic E-state index is 13.3. The highest BCUT2D eigenvalue weighted by atomic mass is 16.2. The van der Waals surface area contributed by atoms with Crippen LogP contribution in [-0.4, -0.2) is 76.8 Å². The van der Waals surface area contributed by atoms with E-state index in [9.17, 15) is 19.2 Å². The summed E-state index contributed by atoms with van der Waals surface area (Å²) >= 11 is 0. The zero-order valence-corrected chi connectivity index (χ0v) is 28.6. The fraction of sp³-hybridized carbons (Fsp3) is 0.579. The highest BCUT2D eigenvalue weighted by Gasteiger charge is 2.22. The third-order valence-electron chi connectivity index (χ3n) is 9.43. The van der Waals surface area contributed by atoms with Gasteiger partial charge in [0.15, 0.2) is 0 Å². The zero-order valence-electron chi connectivity index (χ0n) is 28.6. The van der Waals surface area contributed by atoms with Gasteiger partial charge in [-0.05, 0) is 101 Å². The Balaban J connectivity index is 1.96. The van der Waals surface area contributed by atoms with Gasteiger partial charge in [-0.15, -0.1) is 0 Å². The molecule has 7 nitrogen and oxygen atoms in total. The monoisotopic (exact) mass is 617 g/mol. The Hall–Kier alpha value is -3.16. The molecular formula is C38H55N3O4. The number of fused-ring (bicyclic) bond motifs is 3. The number of nitrogens with zero attached hydrogens (tertiary/aromatic N) is 3. The van der Waals surface area contributed by atoms with Crippen molar-refractivity contribution in [2.45, 2.75) is 99.5 Å². The lowest BCUT2D eigenvalue weighted by Gasteiger charge is -2.17. The lowest BCUT2D eigenvalue weighted by molar-refractivity contribution is -0.115. The minimum absolute atomic E-state index is 0.222. The van der Waals surface area contributed by atoms with Crippen molar-refractivity contribution in [1.82, 2.24) is 14.4 Å². The number of carbonyl (C=O) groups excluding carboxylic acids is 4. The molecule has 1 heterocycles. The van der Waals surface area contributed by atoms with Crippen molar-refractivity contribution in [2.75, 3.05) is 39.3 Å². The molecule has 3 rings (SSSR count). The number of aromatic nitrogens is 1. The second-order valence-corrected chi connectivity index (χ2v) is 12.3. The van der Waals surface area contributed by atoms with Crippen molar-refractivity contribution in [1.29, 1.82) is 0 Å². The summed E-state index contributed by atoms with van der Waals surface area (Å²) in [7, 11) is 0. The van der Waals surface area contributed by atoms with E-state index in [-0.39, 0.29) is 24.4 Å². The molecule has 0 aliphatic heterocycles. The van der Waals surface area contributed by atoms with Crippen molar-refractivity contribution in [2.24, 2.45) is 5.92 Å². The summed E-state index contributed by atoms with van der Waals surface area (Å²) in [5.41, 5.74) is 2.69. The van der Waals surface area contributed by atoms with Crippen LogP contribution in [-0.2, 0) is 16.1 Å². The molecule has 0 fully saturated rings. The number of unbranched alkanes of at least 4 members (excludes halogenated alkanes) is 1. The number of hydrogen-bond donors (Lipinski definition) is 0. The Morgan fingerprint density at radius 2 is 1.09 bits per heavy atom. The molecule has 2 aromatic carbocycles. The lowest BCUT2D eigenvalue weighted by Crippen LogP contribution is -2.25. The Morgan fingerprint density at radius 1 is 0.644 bits per heavy atom. The average Bonchev–Trinajstić information content (AvgIpc) is 3.37. The van der Waals surface area contributed by atoms with Crippen molar-refractivity contribution in [3.8, 4) is 0 Å². The largest absolute Gasteiger partial charge is 0.340 e. The smallest absolute Gasteiger partial charge is 0.228 e. The van der Waals surface area contributed by atoms with E-state index in [0.717, 1.165) is 86.9 Å². The van der Waals surface area contributed by atoms with Crippen LogP contribution in [0.3, 0.4) is 0 Å². The first-order valence-corrected chi connectivity index (χ1v) is 17.4. The third-order valence-corrected chi connectivity index (χ3v) is 9.43. The maximum Gasteiger partial charge on any atom is 0.228 e. The van der Waals surface area contributed by atoms with Crippen LogP contribution in [0.15, 0.2) is 36.4 Å². The van der Waals surface area contributed by atoms with Crippen molar-refractivity contribution in [3.05, 3.63) is 47.5 Å². The standard InChI is InChI=1S/C38H55N3O4/c1-7-13-16-28(8-2)27-41-33-21-19-29(37(44)35(42)17-14-23-39(9-3)10-4)25-31(33)32-26-30(20-22-34(32)41)38(45)36(43)18-15-24-40(11-5)12-6/h19-22,25-26,28H,7-18,23-24,27H2,1-6H3. The Kier molecular flexibility index (Phi) is 14.6. The highest BCUT2D eigenvalue weighted by molar-refractivity contribution is 6.44. The van der Waals surface area contributed by atoms with Crippen LogP contribution in [0.1, 0.15) is 114 Å². The number of benzene rings is 2. The van der Waals surface area contributed by atoms with Crippen molar-refractivity contribution >= 4 is 44.9 Å². The van der Waals surface area contributed by atoms with Crippen LogP contribution in [0, 0.1) is 5.92 Å². The van der Waals surface area contributed by atoms with Crippen LogP contribution >= 0.6 is 0 Å². The van der Waals surface area contributed by atoms with Gasteiger partial charge in [0.25, 0.3) is 0 Å². The van der Waals surface area contributed by atoms with Gasteiger partial charge < -0.3 is 14.4 Å². The van der Waals surface area contributed by atoms with Crippen LogP contribution in [0.2, 0.25) is 0 Å². The molecule has 0 spiro atoms. The lowest BCUT2D eigenvalue weighted by atomic mass is 9.99. The summed E-state index contributed by atoms with van der Waals surface area (Å²) in [6, 6.07) is 11.0. The van der Waals surface area contributed by atoms with E-state index in [0.29, 0.717) is 29.9 Å². The van der Waals surface area contributed by atoms with Gasteiger partial charge >= 0.3 is 0 Å². The molecule has 0 saturated carbocycles. The van der Waals surface area contributed by atoms with E-state index >= 15 is 0 Å². The number of carbonyl (C=O) groups is 4. The predicted molar refractivity (Wildman–Crippen MR) is 185 cm³/mol. The molecule has 0 aliphatic carbocycles. The Bertz CT molecular complexity index is 1350. The third kappa shape index (κ3) is 9.43. The molecule has 0 amide bonds. The van der Waals surface area contributed by atoms with Crippen molar-refractivity contribution < 1.29 is 19.2 Å². The molecule has 0 radical (unpaired) electrons. The zero-order chi connectivity index (χ0) is 32.9. The second kappa shape index (κ2) is 18.1. The number of hydrogen-bond acceptors (Lipinski definition) is 6. The summed E-state index contributed by atoms with van der Waals surface area (Å²) in [6.07, 6.45) is 6.24. The maximum atomic E-state index is 13.3. The Labute approximate surface area is 270 Å². The molecule has 7 heteroatoms. The summed E-state index contributed by atoms with van der Waals surface area (Å²) in [6.45, 7) is 18.9. The molecule has 1 atom stereocenters. The first kappa shape index (κ1) is 36.3. The van der Waals surface area contributed by atoms with Gasteiger partial charge in [0.05, 0.1) is 0 Å². The van der Waals surface area contributed by atoms with Crippen LogP contribution in [0.4, 0.5) is 0 Å². The average molecular weight is 618 g/mol. The van der Waals surface area contributed by atoms with E-state index in [1.807, 2.05) is 24.3 Å². The van der Waals surface area contributed by atoms with Crippen LogP contribution in [0.25, 0.3) is 21.8 Å². The molecule has 3 aromatic rings. The fourth-order valence-corrected chi connectivity index (χ4v) is 6.31. The molecule has 0 bridgehead atoms. The van der Waals surface area contributed by atoms with Gasteiger partial charge in [0, 0.05) is 52.3 Å². The SMILES string of the molecule is CCCCC(CC)Cn1c2ccc(C(=O)C(=O)CCCN(CC)CC)cc2c2cc(C(=O)C(=O)CCCN(CC)CC)ccc21. The number of Topliss-reactive ketones (excluding diaryl/α,β-unsaturated/α-hetero) is 4. The van der Waals surface area contributed by atoms with E-state index in [4.69, 9.17) is 0 Å². The summed E-state index contributed by atoms with van der Waals surface area (Å²) < 4.78 is 2.29. The minimum Gasteiger partial charge on any atom is -0.340 e. The second-order valence-electron chi connectivity index (χ2n) is 12.3. The van der Waals surface area contributed by atoms with Gasteiger partial charge in [0.1, 0.15) is 0 Å². The molecule has 1 unspecified atom stereocenters. The quantitative estimate of drug-likeness (QED) is 0.0847. The van der Waals surface area contributed by atoms with Gasteiger partial charge in [0.2, 0.25) is 23.1 Å². The molecular weight excluding hydrogens is 562 g/mol. The van der Waals surface area contributed by atoms with Gasteiger partial charge in [-0.1, -0.05) is 60.8 Å². The fourth-order valence-electron chi connectivity index (χ4n) is 6.31.